The SMILES string of the molecule is ClCCCCCCC[CH2][SnH]. The van der Waals surface area contributed by atoms with Crippen LogP contribution in [0.2, 0.25) is 4.44 Å². The summed E-state index contributed by atoms with van der Waals surface area (Å²) in [5.41, 5.74) is 0. The minimum absolute atomic E-state index is 0.847. The van der Waals surface area contributed by atoms with E-state index in [1.807, 2.05) is 0 Å². The average Bonchev–Trinajstić information content (AvgIpc) is 1.97. The van der Waals surface area contributed by atoms with E-state index in [1.165, 1.54) is 65.5 Å². The van der Waals surface area contributed by atoms with E-state index >= 15 is 0 Å². The Morgan fingerprint density at radius 1 is 0.800 bits per heavy atom. The average molecular weight is 267 g/mol. The Balaban J connectivity index is 2.65. The van der Waals surface area contributed by atoms with Gasteiger partial charge in [-0.2, -0.15) is 0 Å². The molecule has 2 heteroatoms. The fourth-order valence-corrected chi connectivity index (χ4v) is 1.96. The van der Waals surface area contributed by atoms with Crippen molar-refractivity contribution in [1.82, 2.24) is 0 Å². The summed E-state index contributed by atoms with van der Waals surface area (Å²) in [7, 11) is 0. The van der Waals surface area contributed by atoms with Gasteiger partial charge < -0.3 is 0 Å². The third-order valence-electron chi connectivity index (χ3n) is 1.59. The summed E-state index contributed by atoms with van der Waals surface area (Å²) >= 11 is 6.99. The molecule has 0 aromatic rings. The second-order valence-corrected chi connectivity index (χ2v) is 4.62. The normalized spacial score (nSPS) is 10.2. The predicted octanol–water partition coefficient (Wildman–Crippen LogP) is 2.88. The van der Waals surface area contributed by atoms with Crippen molar-refractivity contribution in [2.24, 2.45) is 0 Å². The number of alkyl halides is 1. The Morgan fingerprint density at radius 3 is 1.80 bits per heavy atom. The number of unbranched alkanes of at least 4 members (excludes halogenated alkanes) is 5. The van der Waals surface area contributed by atoms with Gasteiger partial charge in [0.2, 0.25) is 0 Å². The Hall–Kier alpha value is 1.09. The number of hydrogen-bond acceptors (Lipinski definition) is 0. The van der Waals surface area contributed by atoms with Gasteiger partial charge in [0.1, 0.15) is 0 Å². The summed E-state index contributed by atoms with van der Waals surface area (Å²) in [5, 5.41) is 0. The zero-order chi connectivity index (χ0) is 7.66. The molecule has 0 spiro atoms. The molecular formula is C8H17ClSn. The third-order valence-corrected chi connectivity index (χ3v) is 3.02. The molecule has 0 aromatic heterocycles. The Kier molecular flexibility index (Phi) is 11.2. The number of hydrogen-bond donors (Lipinski definition) is 0. The van der Waals surface area contributed by atoms with Crippen molar-refractivity contribution in [3.63, 3.8) is 0 Å². The molecule has 0 nitrogen and oxygen atoms in total. The van der Waals surface area contributed by atoms with Gasteiger partial charge in [0.15, 0.2) is 0 Å². The summed E-state index contributed by atoms with van der Waals surface area (Å²) in [6.07, 6.45) is 8.28. The molecule has 0 aromatic carbocycles. The first-order chi connectivity index (χ1) is 4.91. The number of rotatable bonds is 7. The number of halogens is 1. The first kappa shape index (κ1) is 11.1. The van der Waals surface area contributed by atoms with E-state index < -0.39 is 0 Å². The molecule has 0 bridgehead atoms. The first-order valence-corrected chi connectivity index (χ1v) is 7.04. The van der Waals surface area contributed by atoms with Crippen LogP contribution in [0.3, 0.4) is 0 Å². The van der Waals surface area contributed by atoms with Gasteiger partial charge in [0.05, 0.1) is 0 Å². The van der Waals surface area contributed by atoms with E-state index in [0.717, 1.165) is 5.88 Å². The van der Waals surface area contributed by atoms with Crippen LogP contribution in [-0.4, -0.2) is 28.4 Å². The second kappa shape index (κ2) is 10.1. The Morgan fingerprint density at radius 2 is 1.30 bits per heavy atom. The van der Waals surface area contributed by atoms with Gasteiger partial charge in [-0.15, -0.1) is 0 Å². The van der Waals surface area contributed by atoms with Gasteiger partial charge in [-0.3, -0.25) is 0 Å². The fourth-order valence-electron chi connectivity index (χ4n) is 0.946. The quantitative estimate of drug-likeness (QED) is 0.378. The second-order valence-electron chi connectivity index (χ2n) is 2.60. The minimum atomic E-state index is 0.847. The fraction of sp³-hybridized carbons (Fsp3) is 1.00. The molecule has 2 radical (unpaired) electrons. The summed E-state index contributed by atoms with van der Waals surface area (Å²) in [5.74, 6) is 0.847. The maximum absolute atomic E-state index is 5.55. The topological polar surface area (TPSA) is 0 Å². The molecule has 60 valence electrons. The standard InChI is InChI=1S/C8H16Cl.Sn.H/c1-2-3-4-5-6-7-8-9;;/h1-8H2;;. The van der Waals surface area contributed by atoms with Crippen LogP contribution in [0, 0.1) is 0 Å². The zero-order valence-corrected chi connectivity index (χ0v) is 10.7. The molecule has 0 saturated carbocycles. The van der Waals surface area contributed by atoms with Crippen LogP contribution in [0.15, 0.2) is 0 Å². The molecule has 0 heterocycles. The van der Waals surface area contributed by atoms with Gasteiger partial charge in [-0.1, -0.05) is 0 Å². The molecule has 0 aliphatic heterocycles. The van der Waals surface area contributed by atoms with Crippen LogP contribution >= 0.6 is 11.6 Å². The molecule has 0 atom stereocenters. The molecule has 0 fully saturated rings. The van der Waals surface area contributed by atoms with E-state index in [-0.39, 0.29) is 0 Å². The van der Waals surface area contributed by atoms with Gasteiger partial charge in [-0.05, 0) is 0 Å². The van der Waals surface area contributed by atoms with Crippen molar-refractivity contribution in [2.45, 2.75) is 43.0 Å². The van der Waals surface area contributed by atoms with Gasteiger partial charge in [0, 0.05) is 0 Å². The van der Waals surface area contributed by atoms with E-state index in [4.69, 9.17) is 11.6 Å². The van der Waals surface area contributed by atoms with Gasteiger partial charge in [0.25, 0.3) is 0 Å². The summed E-state index contributed by atoms with van der Waals surface area (Å²) < 4.78 is 1.47. The molecule has 10 heavy (non-hydrogen) atoms. The monoisotopic (exact) mass is 268 g/mol. The zero-order valence-electron chi connectivity index (χ0n) is 6.61. The Labute approximate surface area is 82.8 Å². The van der Waals surface area contributed by atoms with E-state index in [2.05, 4.69) is 0 Å². The van der Waals surface area contributed by atoms with Gasteiger partial charge >= 0.3 is 83.0 Å². The molecule has 0 N–H and O–H groups in total. The van der Waals surface area contributed by atoms with Crippen molar-refractivity contribution < 1.29 is 0 Å². The van der Waals surface area contributed by atoms with Crippen molar-refractivity contribution in [2.75, 3.05) is 5.88 Å². The van der Waals surface area contributed by atoms with Crippen molar-refractivity contribution in [1.29, 1.82) is 0 Å². The van der Waals surface area contributed by atoms with Crippen LogP contribution in [0.1, 0.15) is 38.5 Å². The predicted molar refractivity (Wildman–Crippen MR) is 50.4 cm³/mol. The van der Waals surface area contributed by atoms with E-state index in [1.54, 1.807) is 0 Å². The van der Waals surface area contributed by atoms with Crippen LogP contribution in [0.25, 0.3) is 0 Å². The molecule has 0 aliphatic rings. The third kappa shape index (κ3) is 9.09. The van der Waals surface area contributed by atoms with Crippen LogP contribution < -0.4 is 0 Å². The van der Waals surface area contributed by atoms with Crippen LogP contribution in [0.4, 0.5) is 0 Å². The van der Waals surface area contributed by atoms with E-state index in [9.17, 15) is 0 Å². The molecule has 0 amide bonds. The molecule has 0 saturated heterocycles. The Bertz CT molecular complexity index is 49.2. The van der Waals surface area contributed by atoms with Crippen molar-refractivity contribution >= 4 is 34.1 Å². The van der Waals surface area contributed by atoms with Crippen molar-refractivity contribution in [3.8, 4) is 0 Å². The molecule has 0 rings (SSSR count). The molecular weight excluding hydrogens is 250 g/mol. The molecule has 0 unspecified atom stereocenters. The molecule has 0 aliphatic carbocycles. The summed E-state index contributed by atoms with van der Waals surface area (Å²) in [6, 6.07) is 0. The van der Waals surface area contributed by atoms with Crippen LogP contribution in [-0.2, 0) is 0 Å². The van der Waals surface area contributed by atoms with E-state index in [0.29, 0.717) is 0 Å². The van der Waals surface area contributed by atoms with Crippen molar-refractivity contribution in [3.05, 3.63) is 0 Å². The summed E-state index contributed by atoms with van der Waals surface area (Å²) in [6.45, 7) is 0. The van der Waals surface area contributed by atoms with Crippen LogP contribution in [0.5, 0.6) is 0 Å². The first-order valence-electron chi connectivity index (χ1n) is 4.18. The van der Waals surface area contributed by atoms with Gasteiger partial charge in [-0.25, -0.2) is 0 Å². The summed E-state index contributed by atoms with van der Waals surface area (Å²) in [4.78, 5) is 0. The maximum atomic E-state index is 5.55.